The maximum atomic E-state index is 13.3. The molecule has 4 aromatic rings. The lowest BCUT2D eigenvalue weighted by Crippen LogP contribution is -2.46. The Bertz CT molecular complexity index is 1300. The van der Waals surface area contributed by atoms with Gasteiger partial charge in [-0.2, -0.15) is 0 Å². The van der Waals surface area contributed by atoms with Gasteiger partial charge in [0.1, 0.15) is 5.56 Å². The summed E-state index contributed by atoms with van der Waals surface area (Å²) >= 11 is 0. The molecule has 0 saturated carbocycles. The molecule has 3 aromatic carbocycles. The van der Waals surface area contributed by atoms with E-state index in [1.807, 2.05) is 47.0 Å². The largest absolute Gasteiger partial charge is 0.494 e. The quantitative estimate of drug-likeness (QED) is 0.395. The number of piperidine rings is 1. The molecule has 5 nitrogen and oxygen atoms in total. The lowest BCUT2D eigenvalue weighted by atomic mass is 10.0. The molecule has 2 N–H and O–H groups in total. The van der Waals surface area contributed by atoms with Gasteiger partial charge in [-0.05, 0) is 49.1 Å². The van der Waals surface area contributed by atoms with Gasteiger partial charge >= 0.3 is 0 Å². The molecule has 1 amide bonds. The first-order chi connectivity index (χ1) is 16.0. The van der Waals surface area contributed by atoms with E-state index in [1.165, 1.54) is 0 Å². The molecule has 0 bridgehead atoms. The van der Waals surface area contributed by atoms with Crippen molar-refractivity contribution in [2.24, 2.45) is 0 Å². The van der Waals surface area contributed by atoms with E-state index in [1.54, 1.807) is 0 Å². The molecule has 1 aliphatic heterocycles. The molecular formula is C28H32ClN3O2. The smallest absolute Gasteiger partial charge is 0.257 e. The second-order valence-electron chi connectivity index (χ2n) is 9.32. The standard InChI is InChI=1S/C28H31N3O2.ClH/c1-19(2)30-16-14-22(15-17-30)29-27(32)26-24-12-5-6-13-25(24)31(28(26)33)18-21-10-7-9-20-8-3-4-11-23(20)21;/h3-13,19,22,33H,14-18H2,1-2H3,(H,29,32);1H. The van der Waals surface area contributed by atoms with Crippen LogP contribution in [0.1, 0.15) is 42.6 Å². The van der Waals surface area contributed by atoms with Gasteiger partial charge in [0.2, 0.25) is 5.88 Å². The highest BCUT2D eigenvalue weighted by atomic mass is 35.5. The van der Waals surface area contributed by atoms with Crippen molar-refractivity contribution in [3.63, 3.8) is 0 Å². The van der Waals surface area contributed by atoms with Crippen LogP contribution < -0.4 is 5.32 Å². The van der Waals surface area contributed by atoms with Crippen LogP contribution in [-0.4, -0.2) is 45.7 Å². The molecule has 5 rings (SSSR count). The Hall–Kier alpha value is -3.02. The van der Waals surface area contributed by atoms with Gasteiger partial charge in [-0.1, -0.05) is 60.7 Å². The molecule has 1 fully saturated rings. The maximum absolute atomic E-state index is 13.3. The zero-order valence-electron chi connectivity index (χ0n) is 19.7. The number of hydrogen-bond acceptors (Lipinski definition) is 3. The predicted molar refractivity (Wildman–Crippen MR) is 141 cm³/mol. The summed E-state index contributed by atoms with van der Waals surface area (Å²) in [7, 11) is 0. The maximum Gasteiger partial charge on any atom is 0.257 e. The third-order valence-electron chi connectivity index (χ3n) is 6.97. The molecule has 1 saturated heterocycles. The van der Waals surface area contributed by atoms with E-state index in [0.717, 1.165) is 53.2 Å². The van der Waals surface area contributed by atoms with Crippen LogP contribution >= 0.6 is 12.4 Å². The van der Waals surface area contributed by atoms with Crippen LogP contribution in [-0.2, 0) is 6.54 Å². The minimum atomic E-state index is -0.191. The number of hydrogen-bond donors (Lipinski definition) is 2. The molecule has 0 aliphatic carbocycles. The second-order valence-corrected chi connectivity index (χ2v) is 9.32. The van der Waals surface area contributed by atoms with Crippen molar-refractivity contribution >= 4 is 40.0 Å². The van der Waals surface area contributed by atoms with Crippen molar-refractivity contribution in [2.75, 3.05) is 13.1 Å². The van der Waals surface area contributed by atoms with E-state index < -0.39 is 0 Å². The molecule has 1 aromatic heterocycles. The molecule has 6 heteroatoms. The third kappa shape index (κ3) is 4.50. The number of rotatable bonds is 5. The minimum Gasteiger partial charge on any atom is -0.494 e. The van der Waals surface area contributed by atoms with E-state index in [4.69, 9.17) is 0 Å². The molecule has 0 radical (unpaired) electrons. The zero-order chi connectivity index (χ0) is 22.9. The average Bonchev–Trinajstić information content (AvgIpc) is 3.11. The summed E-state index contributed by atoms with van der Waals surface area (Å²) in [4.78, 5) is 15.8. The fourth-order valence-corrected chi connectivity index (χ4v) is 5.09. The highest BCUT2D eigenvalue weighted by Gasteiger charge is 2.27. The molecule has 1 aliphatic rings. The Morgan fingerprint density at radius 1 is 0.971 bits per heavy atom. The van der Waals surface area contributed by atoms with Gasteiger partial charge in [-0.15, -0.1) is 12.4 Å². The van der Waals surface area contributed by atoms with Crippen molar-refractivity contribution in [2.45, 2.75) is 45.3 Å². The summed E-state index contributed by atoms with van der Waals surface area (Å²) in [6.45, 7) is 6.88. The monoisotopic (exact) mass is 477 g/mol. The number of halogens is 1. The molecule has 0 unspecified atom stereocenters. The number of amides is 1. The number of para-hydroxylation sites is 1. The van der Waals surface area contributed by atoms with Crippen LogP contribution in [0.4, 0.5) is 0 Å². The first-order valence-electron chi connectivity index (χ1n) is 11.8. The highest BCUT2D eigenvalue weighted by molar-refractivity contribution is 6.09. The van der Waals surface area contributed by atoms with Gasteiger partial charge in [-0.25, -0.2) is 0 Å². The van der Waals surface area contributed by atoms with Crippen molar-refractivity contribution in [1.82, 2.24) is 14.8 Å². The summed E-state index contributed by atoms with van der Waals surface area (Å²) in [5.74, 6) is -0.162. The lowest BCUT2D eigenvalue weighted by Gasteiger charge is -2.34. The second kappa shape index (κ2) is 10.1. The van der Waals surface area contributed by atoms with Crippen molar-refractivity contribution in [3.8, 4) is 5.88 Å². The Morgan fingerprint density at radius 2 is 1.62 bits per heavy atom. The fourth-order valence-electron chi connectivity index (χ4n) is 5.09. The van der Waals surface area contributed by atoms with Crippen LogP contribution in [0.3, 0.4) is 0 Å². The average molecular weight is 478 g/mol. The molecule has 34 heavy (non-hydrogen) atoms. The Labute approximate surface area is 206 Å². The Kier molecular flexibility index (Phi) is 7.15. The molecular weight excluding hydrogens is 446 g/mol. The van der Waals surface area contributed by atoms with E-state index in [2.05, 4.69) is 48.3 Å². The van der Waals surface area contributed by atoms with Gasteiger partial charge in [0.25, 0.3) is 5.91 Å². The number of carbonyl (C=O) groups excluding carboxylic acids is 1. The summed E-state index contributed by atoms with van der Waals surface area (Å²) in [5, 5.41) is 17.6. The number of benzene rings is 3. The summed E-state index contributed by atoms with van der Waals surface area (Å²) in [6, 6.07) is 22.9. The minimum absolute atomic E-state index is 0. The SMILES string of the molecule is CC(C)N1CCC(NC(=O)c2c(O)n(Cc3cccc4ccccc34)c3ccccc23)CC1.Cl. The lowest BCUT2D eigenvalue weighted by molar-refractivity contribution is 0.0899. The number of likely N-dealkylation sites (tertiary alicyclic amines) is 1. The summed E-state index contributed by atoms with van der Waals surface area (Å²) in [5.41, 5.74) is 2.34. The van der Waals surface area contributed by atoms with E-state index in [9.17, 15) is 9.90 Å². The molecule has 2 heterocycles. The van der Waals surface area contributed by atoms with Gasteiger partial charge in [-0.3, -0.25) is 4.79 Å². The van der Waals surface area contributed by atoms with Crippen LogP contribution in [0.2, 0.25) is 0 Å². The first-order valence-corrected chi connectivity index (χ1v) is 11.8. The molecule has 178 valence electrons. The number of nitrogens with zero attached hydrogens (tertiary/aromatic N) is 2. The molecule has 0 atom stereocenters. The van der Waals surface area contributed by atoms with E-state index in [-0.39, 0.29) is 30.2 Å². The van der Waals surface area contributed by atoms with E-state index in [0.29, 0.717) is 18.2 Å². The first kappa shape index (κ1) is 24.1. The van der Waals surface area contributed by atoms with Gasteiger partial charge < -0.3 is 19.9 Å². The Balaban J connectivity index is 0.00000274. The highest BCUT2D eigenvalue weighted by Crippen LogP contribution is 2.33. The summed E-state index contributed by atoms with van der Waals surface area (Å²) in [6.07, 6.45) is 1.86. The van der Waals surface area contributed by atoms with Crippen molar-refractivity contribution in [1.29, 1.82) is 0 Å². The van der Waals surface area contributed by atoms with E-state index >= 15 is 0 Å². The topological polar surface area (TPSA) is 57.5 Å². The zero-order valence-corrected chi connectivity index (χ0v) is 20.5. The summed E-state index contributed by atoms with van der Waals surface area (Å²) < 4.78 is 1.85. The van der Waals surface area contributed by atoms with Crippen LogP contribution in [0.5, 0.6) is 5.88 Å². The number of aromatic nitrogens is 1. The van der Waals surface area contributed by atoms with Gasteiger partial charge in [0.15, 0.2) is 0 Å². The normalized spacial score (nSPS) is 15.0. The van der Waals surface area contributed by atoms with Crippen LogP contribution in [0, 0.1) is 0 Å². The Morgan fingerprint density at radius 3 is 2.35 bits per heavy atom. The fraction of sp³-hybridized carbons (Fsp3) is 0.321. The third-order valence-corrected chi connectivity index (χ3v) is 6.97. The molecule has 0 spiro atoms. The van der Waals surface area contributed by atoms with Gasteiger partial charge in [0.05, 0.1) is 12.1 Å². The van der Waals surface area contributed by atoms with Crippen LogP contribution in [0.25, 0.3) is 21.7 Å². The van der Waals surface area contributed by atoms with Gasteiger partial charge in [0, 0.05) is 30.6 Å². The number of nitrogens with one attached hydrogen (secondary N) is 1. The number of fused-ring (bicyclic) bond motifs is 2. The predicted octanol–water partition coefficient (Wildman–Crippen LogP) is 5.57. The number of aromatic hydroxyl groups is 1. The van der Waals surface area contributed by atoms with Crippen molar-refractivity contribution < 1.29 is 9.90 Å². The number of carbonyl (C=O) groups is 1. The van der Waals surface area contributed by atoms with Crippen LogP contribution in [0.15, 0.2) is 66.7 Å². The van der Waals surface area contributed by atoms with Crippen molar-refractivity contribution in [3.05, 3.63) is 77.9 Å².